The highest BCUT2D eigenvalue weighted by molar-refractivity contribution is 5.12. The van der Waals surface area contributed by atoms with Crippen LogP contribution in [0.1, 0.15) is 24.4 Å². The summed E-state index contributed by atoms with van der Waals surface area (Å²) in [5.41, 5.74) is 1.21. The number of nitrogens with one attached hydrogen (secondary N) is 2. The van der Waals surface area contributed by atoms with E-state index < -0.39 is 0 Å². The van der Waals surface area contributed by atoms with Crippen LogP contribution in [0, 0.1) is 0 Å². The largest absolute Gasteiger partial charge is 0.347 e. The summed E-state index contributed by atoms with van der Waals surface area (Å²) in [7, 11) is 0. The summed E-state index contributed by atoms with van der Waals surface area (Å²) in [6.07, 6.45) is 8.22. The number of aromatic nitrogens is 3. The normalized spacial score (nSPS) is 12.6. The first-order valence-corrected chi connectivity index (χ1v) is 5.51. The van der Waals surface area contributed by atoms with Crippen LogP contribution in [0.4, 0.5) is 0 Å². The molecule has 0 aliphatic rings. The zero-order valence-electron chi connectivity index (χ0n) is 9.35. The van der Waals surface area contributed by atoms with E-state index in [0.29, 0.717) is 0 Å². The molecular formula is C12H16N4. The van der Waals surface area contributed by atoms with Crippen molar-refractivity contribution in [3.05, 3.63) is 48.3 Å². The van der Waals surface area contributed by atoms with Gasteiger partial charge in [0.2, 0.25) is 0 Å². The molecule has 0 fully saturated rings. The maximum Gasteiger partial charge on any atom is 0.123 e. The molecule has 0 aromatic carbocycles. The van der Waals surface area contributed by atoms with Crippen LogP contribution in [0.3, 0.4) is 0 Å². The van der Waals surface area contributed by atoms with Gasteiger partial charge in [-0.15, -0.1) is 0 Å². The average Bonchev–Trinajstić information content (AvgIpc) is 2.83. The molecule has 2 aromatic rings. The molecule has 2 heterocycles. The Bertz CT molecular complexity index is 396. The molecule has 84 valence electrons. The van der Waals surface area contributed by atoms with Crippen molar-refractivity contribution in [3.63, 3.8) is 0 Å². The number of rotatable bonds is 5. The van der Waals surface area contributed by atoms with E-state index in [9.17, 15) is 0 Å². The maximum atomic E-state index is 4.29. The number of imidazole rings is 1. The summed E-state index contributed by atoms with van der Waals surface area (Å²) in [4.78, 5) is 11.6. The van der Waals surface area contributed by atoms with Crippen LogP contribution < -0.4 is 5.32 Å². The minimum absolute atomic E-state index is 0.226. The predicted octanol–water partition coefficient (Wildman–Crippen LogP) is 1.70. The highest BCUT2D eigenvalue weighted by Crippen LogP contribution is 2.13. The van der Waals surface area contributed by atoms with Crippen LogP contribution in [0.25, 0.3) is 0 Å². The Kier molecular flexibility index (Phi) is 3.66. The summed E-state index contributed by atoms with van der Waals surface area (Å²) in [5, 5.41) is 3.41. The molecule has 0 bridgehead atoms. The molecule has 0 spiro atoms. The van der Waals surface area contributed by atoms with Crippen LogP contribution >= 0.6 is 0 Å². The predicted molar refractivity (Wildman–Crippen MR) is 62.9 cm³/mol. The molecule has 2 rings (SSSR count). The lowest BCUT2D eigenvalue weighted by Crippen LogP contribution is -2.24. The second-order valence-electron chi connectivity index (χ2n) is 3.65. The van der Waals surface area contributed by atoms with E-state index in [1.165, 1.54) is 5.56 Å². The van der Waals surface area contributed by atoms with Crippen molar-refractivity contribution in [1.82, 2.24) is 20.3 Å². The van der Waals surface area contributed by atoms with E-state index in [2.05, 4.69) is 33.3 Å². The number of likely N-dealkylation sites (N-methyl/N-ethyl adjacent to an activating group) is 1. The zero-order chi connectivity index (χ0) is 11.2. The monoisotopic (exact) mass is 216 g/mol. The van der Waals surface area contributed by atoms with Crippen LogP contribution in [0.5, 0.6) is 0 Å². The third-order valence-electron chi connectivity index (χ3n) is 2.46. The smallest absolute Gasteiger partial charge is 0.123 e. The van der Waals surface area contributed by atoms with Gasteiger partial charge in [-0.25, -0.2) is 4.98 Å². The van der Waals surface area contributed by atoms with Crippen molar-refractivity contribution in [2.75, 3.05) is 6.54 Å². The Morgan fingerprint density at radius 1 is 1.44 bits per heavy atom. The fourth-order valence-corrected chi connectivity index (χ4v) is 1.73. The molecule has 4 nitrogen and oxygen atoms in total. The van der Waals surface area contributed by atoms with Crippen LogP contribution in [-0.4, -0.2) is 21.5 Å². The molecule has 1 unspecified atom stereocenters. The van der Waals surface area contributed by atoms with E-state index >= 15 is 0 Å². The molecule has 2 N–H and O–H groups in total. The Balaban J connectivity index is 2.09. The molecule has 4 heteroatoms. The first-order chi connectivity index (χ1) is 7.90. The second-order valence-corrected chi connectivity index (χ2v) is 3.65. The first kappa shape index (κ1) is 10.8. The van der Waals surface area contributed by atoms with Crippen LogP contribution in [0.15, 0.2) is 36.9 Å². The summed E-state index contributed by atoms with van der Waals surface area (Å²) < 4.78 is 0. The number of hydrogen-bond donors (Lipinski definition) is 2. The molecule has 0 saturated carbocycles. The van der Waals surface area contributed by atoms with Crippen molar-refractivity contribution >= 4 is 0 Å². The van der Waals surface area contributed by atoms with Gasteiger partial charge < -0.3 is 10.3 Å². The lowest BCUT2D eigenvalue weighted by atomic mass is 10.1. The summed E-state index contributed by atoms with van der Waals surface area (Å²) in [6, 6.07) is 4.27. The second kappa shape index (κ2) is 5.42. The number of hydrogen-bond acceptors (Lipinski definition) is 3. The van der Waals surface area contributed by atoms with Crippen molar-refractivity contribution < 1.29 is 0 Å². The van der Waals surface area contributed by atoms with Gasteiger partial charge in [0.25, 0.3) is 0 Å². The third kappa shape index (κ3) is 2.67. The highest BCUT2D eigenvalue weighted by Gasteiger charge is 2.12. The standard InChI is InChI=1S/C12H16N4/c1-2-14-11(12-15-6-7-16-12)8-10-4-3-5-13-9-10/h3-7,9,11,14H,2,8H2,1H3,(H,15,16). The van der Waals surface area contributed by atoms with Crippen molar-refractivity contribution in [3.8, 4) is 0 Å². The average molecular weight is 216 g/mol. The molecule has 16 heavy (non-hydrogen) atoms. The molecule has 0 aliphatic carbocycles. The number of H-pyrrole nitrogens is 1. The van der Waals surface area contributed by atoms with Gasteiger partial charge in [0.1, 0.15) is 5.82 Å². The SMILES string of the molecule is CCNC(Cc1cccnc1)c1ncc[nH]1. The van der Waals surface area contributed by atoms with Gasteiger partial charge in [-0.05, 0) is 24.6 Å². The lowest BCUT2D eigenvalue weighted by Gasteiger charge is -2.15. The molecule has 0 radical (unpaired) electrons. The van der Waals surface area contributed by atoms with Crippen molar-refractivity contribution in [2.45, 2.75) is 19.4 Å². The number of pyridine rings is 1. The number of aromatic amines is 1. The Morgan fingerprint density at radius 3 is 3.00 bits per heavy atom. The van der Waals surface area contributed by atoms with Gasteiger partial charge in [0.05, 0.1) is 6.04 Å². The number of nitrogens with zero attached hydrogens (tertiary/aromatic N) is 2. The van der Waals surface area contributed by atoms with Crippen molar-refractivity contribution in [1.29, 1.82) is 0 Å². The van der Waals surface area contributed by atoms with Gasteiger partial charge in [-0.1, -0.05) is 13.0 Å². The van der Waals surface area contributed by atoms with Gasteiger partial charge >= 0.3 is 0 Å². The van der Waals surface area contributed by atoms with Gasteiger partial charge in [-0.3, -0.25) is 4.98 Å². The summed E-state index contributed by atoms with van der Waals surface area (Å²) >= 11 is 0. The van der Waals surface area contributed by atoms with Crippen molar-refractivity contribution in [2.24, 2.45) is 0 Å². The third-order valence-corrected chi connectivity index (χ3v) is 2.46. The molecular weight excluding hydrogens is 200 g/mol. The van der Waals surface area contributed by atoms with E-state index in [0.717, 1.165) is 18.8 Å². The summed E-state index contributed by atoms with van der Waals surface area (Å²) in [5.74, 6) is 0.978. The Hall–Kier alpha value is -1.68. The fraction of sp³-hybridized carbons (Fsp3) is 0.333. The zero-order valence-corrected chi connectivity index (χ0v) is 9.35. The molecule has 0 aliphatic heterocycles. The molecule has 2 aromatic heterocycles. The topological polar surface area (TPSA) is 53.6 Å². The van der Waals surface area contributed by atoms with E-state index in [1.807, 2.05) is 18.5 Å². The maximum absolute atomic E-state index is 4.29. The first-order valence-electron chi connectivity index (χ1n) is 5.51. The van der Waals surface area contributed by atoms with Gasteiger partial charge in [0, 0.05) is 24.8 Å². The minimum atomic E-state index is 0.226. The molecule has 0 saturated heterocycles. The van der Waals surface area contributed by atoms with Gasteiger partial charge in [0.15, 0.2) is 0 Å². The molecule has 1 atom stereocenters. The van der Waals surface area contributed by atoms with E-state index in [-0.39, 0.29) is 6.04 Å². The minimum Gasteiger partial charge on any atom is -0.347 e. The lowest BCUT2D eigenvalue weighted by molar-refractivity contribution is 0.525. The van der Waals surface area contributed by atoms with Crippen LogP contribution in [-0.2, 0) is 6.42 Å². The highest BCUT2D eigenvalue weighted by atomic mass is 15.0. The van der Waals surface area contributed by atoms with E-state index in [1.54, 1.807) is 12.4 Å². The Labute approximate surface area is 95.1 Å². The quantitative estimate of drug-likeness (QED) is 0.799. The van der Waals surface area contributed by atoms with Crippen LogP contribution in [0.2, 0.25) is 0 Å². The van der Waals surface area contributed by atoms with E-state index in [4.69, 9.17) is 0 Å². The summed E-state index contributed by atoms with van der Waals surface area (Å²) in [6.45, 7) is 3.02. The Morgan fingerprint density at radius 2 is 2.38 bits per heavy atom. The van der Waals surface area contributed by atoms with Gasteiger partial charge in [-0.2, -0.15) is 0 Å². The fourth-order valence-electron chi connectivity index (χ4n) is 1.73. The molecule has 0 amide bonds.